The summed E-state index contributed by atoms with van der Waals surface area (Å²) in [6, 6.07) is 12.3. The summed E-state index contributed by atoms with van der Waals surface area (Å²) in [4.78, 5) is 16.6. The number of aryl methyl sites for hydroxylation is 1. The number of carbonyl (C=O) groups excluding carboxylic acids is 1. The summed E-state index contributed by atoms with van der Waals surface area (Å²) in [5.41, 5.74) is 2.35. The minimum atomic E-state index is -0.364. The molecule has 0 unspecified atom stereocenters. The second-order valence-corrected chi connectivity index (χ2v) is 9.04. The van der Waals surface area contributed by atoms with Gasteiger partial charge in [-0.2, -0.15) is 0 Å². The topological polar surface area (TPSA) is 79.8 Å². The number of amides is 1. The van der Waals surface area contributed by atoms with Crippen molar-refractivity contribution in [3.05, 3.63) is 53.8 Å². The monoisotopic (exact) mass is 431 g/mol. The van der Waals surface area contributed by atoms with Crippen LogP contribution in [0.2, 0.25) is 0 Å². The fourth-order valence-corrected chi connectivity index (χ4v) is 4.91. The number of aromatic nitrogens is 3. The van der Waals surface area contributed by atoms with E-state index in [1.54, 1.807) is 18.2 Å². The molecule has 0 bridgehead atoms. The van der Waals surface area contributed by atoms with E-state index < -0.39 is 0 Å². The number of anilines is 3. The molecule has 0 aliphatic rings. The van der Waals surface area contributed by atoms with Crippen LogP contribution in [0.4, 0.5) is 20.3 Å². The van der Waals surface area contributed by atoms with Crippen LogP contribution in [0.1, 0.15) is 5.56 Å². The number of benzene rings is 2. The first-order valence-electron chi connectivity index (χ1n) is 8.22. The van der Waals surface area contributed by atoms with E-state index in [2.05, 4.69) is 25.8 Å². The second-order valence-electron chi connectivity index (χ2n) is 5.81. The lowest BCUT2D eigenvalue weighted by Crippen LogP contribution is -2.13. The highest BCUT2D eigenvalue weighted by Crippen LogP contribution is 2.29. The van der Waals surface area contributed by atoms with Crippen molar-refractivity contribution in [1.29, 1.82) is 0 Å². The number of nitrogens with one attached hydrogen (secondary N) is 2. The van der Waals surface area contributed by atoms with Gasteiger partial charge in [-0.1, -0.05) is 52.6 Å². The molecule has 28 heavy (non-hydrogen) atoms. The quantitative estimate of drug-likeness (QED) is 0.415. The lowest BCUT2D eigenvalue weighted by atomic mass is 10.2. The molecule has 2 aromatic heterocycles. The molecule has 0 radical (unpaired) electrons. The van der Waals surface area contributed by atoms with Crippen LogP contribution in [0.25, 0.3) is 10.2 Å². The average molecular weight is 432 g/mol. The summed E-state index contributed by atoms with van der Waals surface area (Å²) >= 11 is 3.97. The number of hydrogen-bond acceptors (Lipinski definition) is 8. The Hall–Kier alpha value is -2.56. The number of fused-ring (bicyclic) bond motifs is 1. The lowest BCUT2D eigenvalue weighted by molar-refractivity contribution is -0.113. The van der Waals surface area contributed by atoms with Gasteiger partial charge in [0, 0.05) is 0 Å². The molecule has 0 aliphatic heterocycles. The maximum Gasteiger partial charge on any atom is 0.236 e. The molecule has 0 fully saturated rings. The van der Waals surface area contributed by atoms with Crippen molar-refractivity contribution < 1.29 is 9.18 Å². The minimum absolute atomic E-state index is 0.167. The van der Waals surface area contributed by atoms with Crippen LogP contribution < -0.4 is 10.6 Å². The van der Waals surface area contributed by atoms with E-state index in [1.165, 1.54) is 40.5 Å². The fourth-order valence-electron chi connectivity index (χ4n) is 2.36. The maximum absolute atomic E-state index is 13.7. The Morgan fingerprint density at radius 1 is 1.14 bits per heavy atom. The summed E-state index contributed by atoms with van der Waals surface area (Å²) in [5.74, 6) is -0.347. The van der Waals surface area contributed by atoms with Gasteiger partial charge in [0.25, 0.3) is 0 Å². The number of hydrogen-bond donors (Lipinski definition) is 2. The van der Waals surface area contributed by atoms with E-state index in [0.717, 1.165) is 15.8 Å². The summed E-state index contributed by atoms with van der Waals surface area (Å²) in [5, 5.41) is 14.7. The number of halogens is 1. The molecule has 0 aliphatic carbocycles. The highest BCUT2D eigenvalue weighted by Gasteiger charge is 2.12. The standard InChI is InChI=1S/C18H14FN5OS3/c1-10-6-7-13-14(8-10)27-16(21-13)22-15(25)9-26-18-24-23-17(28-18)20-12-5-3-2-4-11(12)19/h2-8H,9H2,1H3,(H,20,23)(H,21,22,25). The van der Waals surface area contributed by atoms with Crippen molar-refractivity contribution in [2.45, 2.75) is 11.3 Å². The Labute approximate surface area is 172 Å². The van der Waals surface area contributed by atoms with Crippen molar-refractivity contribution in [3.63, 3.8) is 0 Å². The zero-order valence-corrected chi connectivity index (χ0v) is 17.1. The predicted octanol–water partition coefficient (Wildman–Crippen LogP) is 5.07. The van der Waals surface area contributed by atoms with E-state index in [4.69, 9.17) is 0 Å². The Bertz CT molecular complexity index is 1140. The van der Waals surface area contributed by atoms with Gasteiger partial charge < -0.3 is 10.6 Å². The number of thioether (sulfide) groups is 1. The third-order valence-corrected chi connectivity index (χ3v) is 6.54. The molecule has 2 heterocycles. The van der Waals surface area contributed by atoms with Gasteiger partial charge in [0.05, 0.1) is 21.7 Å². The summed E-state index contributed by atoms with van der Waals surface area (Å²) < 4.78 is 15.3. The summed E-state index contributed by atoms with van der Waals surface area (Å²) in [6.45, 7) is 2.02. The number of rotatable bonds is 6. The van der Waals surface area contributed by atoms with Crippen LogP contribution >= 0.6 is 34.4 Å². The summed E-state index contributed by atoms with van der Waals surface area (Å²) in [7, 11) is 0. The molecular formula is C18H14FN5OS3. The molecule has 0 atom stereocenters. The molecule has 10 heteroatoms. The first-order chi connectivity index (χ1) is 13.6. The Morgan fingerprint density at radius 3 is 2.86 bits per heavy atom. The third kappa shape index (κ3) is 4.46. The van der Waals surface area contributed by atoms with Crippen LogP contribution in [-0.2, 0) is 4.79 Å². The Balaban J connectivity index is 1.33. The predicted molar refractivity (Wildman–Crippen MR) is 113 cm³/mol. The van der Waals surface area contributed by atoms with E-state index in [0.29, 0.717) is 20.3 Å². The van der Waals surface area contributed by atoms with Gasteiger partial charge in [0.1, 0.15) is 5.82 Å². The van der Waals surface area contributed by atoms with Crippen LogP contribution in [-0.4, -0.2) is 26.8 Å². The lowest BCUT2D eigenvalue weighted by Gasteiger charge is -2.01. The van der Waals surface area contributed by atoms with Crippen LogP contribution in [0.15, 0.2) is 46.8 Å². The molecule has 0 spiro atoms. The molecule has 6 nitrogen and oxygen atoms in total. The molecule has 0 saturated carbocycles. The third-order valence-electron chi connectivity index (χ3n) is 3.64. The number of para-hydroxylation sites is 1. The SMILES string of the molecule is Cc1ccc2nc(NC(=O)CSc3nnc(Nc4ccccc4F)s3)sc2c1. The van der Waals surface area contributed by atoms with Crippen molar-refractivity contribution in [2.75, 3.05) is 16.4 Å². The summed E-state index contributed by atoms with van der Waals surface area (Å²) in [6.07, 6.45) is 0. The first-order valence-corrected chi connectivity index (χ1v) is 10.8. The second kappa shape index (κ2) is 8.21. The van der Waals surface area contributed by atoms with Gasteiger partial charge in [-0.3, -0.25) is 4.79 Å². The van der Waals surface area contributed by atoms with E-state index >= 15 is 0 Å². The molecule has 1 amide bonds. The van der Waals surface area contributed by atoms with Gasteiger partial charge in [0.2, 0.25) is 11.0 Å². The number of carbonyl (C=O) groups is 1. The van der Waals surface area contributed by atoms with Crippen molar-refractivity contribution in [3.8, 4) is 0 Å². The van der Waals surface area contributed by atoms with E-state index in [1.807, 2.05) is 25.1 Å². The molecule has 4 rings (SSSR count). The Kier molecular flexibility index (Phi) is 5.51. The largest absolute Gasteiger partial charge is 0.328 e. The highest BCUT2D eigenvalue weighted by atomic mass is 32.2. The normalized spacial score (nSPS) is 10.9. The van der Waals surface area contributed by atoms with Crippen LogP contribution in [0, 0.1) is 12.7 Å². The molecule has 0 saturated heterocycles. The average Bonchev–Trinajstić information content (AvgIpc) is 3.27. The van der Waals surface area contributed by atoms with Gasteiger partial charge >= 0.3 is 0 Å². The van der Waals surface area contributed by atoms with Gasteiger partial charge in [-0.05, 0) is 36.8 Å². The van der Waals surface area contributed by atoms with Crippen LogP contribution in [0.5, 0.6) is 0 Å². The first kappa shape index (κ1) is 18.8. The van der Waals surface area contributed by atoms with Crippen molar-refractivity contribution >= 4 is 66.5 Å². The zero-order chi connectivity index (χ0) is 19.5. The van der Waals surface area contributed by atoms with Crippen molar-refractivity contribution in [2.24, 2.45) is 0 Å². The van der Waals surface area contributed by atoms with Gasteiger partial charge in [-0.15, -0.1) is 10.2 Å². The maximum atomic E-state index is 13.7. The Morgan fingerprint density at radius 2 is 2.00 bits per heavy atom. The van der Waals surface area contributed by atoms with Crippen LogP contribution in [0.3, 0.4) is 0 Å². The van der Waals surface area contributed by atoms with Gasteiger partial charge in [0.15, 0.2) is 9.47 Å². The van der Waals surface area contributed by atoms with E-state index in [-0.39, 0.29) is 17.5 Å². The fraction of sp³-hybridized carbons (Fsp3) is 0.111. The molecule has 2 aromatic carbocycles. The number of nitrogens with zero attached hydrogens (tertiary/aromatic N) is 3. The molecular weight excluding hydrogens is 417 g/mol. The number of thiazole rings is 1. The van der Waals surface area contributed by atoms with Gasteiger partial charge in [-0.25, -0.2) is 9.37 Å². The zero-order valence-electron chi connectivity index (χ0n) is 14.6. The molecule has 2 N–H and O–H groups in total. The molecule has 142 valence electrons. The van der Waals surface area contributed by atoms with Crippen molar-refractivity contribution in [1.82, 2.24) is 15.2 Å². The molecule has 4 aromatic rings. The minimum Gasteiger partial charge on any atom is -0.328 e. The van der Waals surface area contributed by atoms with E-state index in [9.17, 15) is 9.18 Å². The highest BCUT2D eigenvalue weighted by molar-refractivity contribution is 8.01. The smallest absolute Gasteiger partial charge is 0.236 e.